The molecule has 3 heteroatoms. The standard InChI is InChI=1S/C14H30N2O/c1-4-16(11-13-7-5-8-13)10-6-9-14(2,12-17)15-3/h13,15,17H,4-12H2,1-3H3. The lowest BCUT2D eigenvalue weighted by Gasteiger charge is -2.33. The van der Waals surface area contributed by atoms with E-state index in [-0.39, 0.29) is 12.1 Å². The van der Waals surface area contributed by atoms with Gasteiger partial charge >= 0.3 is 0 Å². The average Bonchev–Trinajstić information content (AvgIpc) is 2.30. The molecule has 0 aliphatic heterocycles. The third-order valence-corrected chi connectivity index (χ3v) is 4.34. The molecule has 1 rings (SSSR count). The van der Waals surface area contributed by atoms with Crippen LogP contribution in [0.15, 0.2) is 0 Å². The van der Waals surface area contributed by atoms with Gasteiger partial charge in [-0.1, -0.05) is 13.3 Å². The summed E-state index contributed by atoms with van der Waals surface area (Å²) >= 11 is 0. The summed E-state index contributed by atoms with van der Waals surface area (Å²) in [6, 6.07) is 0. The highest BCUT2D eigenvalue weighted by Gasteiger charge is 2.22. The summed E-state index contributed by atoms with van der Waals surface area (Å²) < 4.78 is 0. The number of likely N-dealkylation sites (N-methyl/N-ethyl adjacent to an activating group) is 1. The molecule has 0 saturated heterocycles. The normalized spacial score (nSPS) is 20.3. The second kappa shape index (κ2) is 7.34. The van der Waals surface area contributed by atoms with Gasteiger partial charge in [0.15, 0.2) is 0 Å². The summed E-state index contributed by atoms with van der Waals surface area (Å²) in [4.78, 5) is 2.57. The summed E-state index contributed by atoms with van der Waals surface area (Å²) in [5.74, 6) is 0.962. The lowest BCUT2D eigenvalue weighted by atomic mass is 9.85. The Balaban J connectivity index is 2.17. The van der Waals surface area contributed by atoms with Crippen molar-refractivity contribution in [2.24, 2.45) is 5.92 Å². The quantitative estimate of drug-likeness (QED) is 0.648. The number of hydrogen-bond donors (Lipinski definition) is 2. The van der Waals surface area contributed by atoms with E-state index in [4.69, 9.17) is 0 Å². The zero-order valence-corrected chi connectivity index (χ0v) is 11.8. The zero-order valence-electron chi connectivity index (χ0n) is 11.8. The second-order valence-corrected chi connectivity index (χ2v) is 5.76. The van der Waals surface area contributed by atoms with Crippen LogP contribution in [-0.2, 0) is 0 Å². The molecule has 1 atom stereocenters. The first-order valence-corrected chi connectivity index (χ1v) is 7.15. The van der Waals surface area contributed by atoms with Gasteiger partial charge in [-0.05, 0) is 58.7 Å². The van der Waals surface area contributed by atoms with Crippen molar-refractivity contribution in [2.75, 3.05) is 33.3 Å². The highest BCUT2D eigenvalue weighted by molar-refractivity contribution is 4.81. The van der Waals surface area contributed by atoms with Crippen molar-refractivity contribution >= 4 is 0 Å². The van der Waals surface area contributed by atoms with Crippen LogP contribution in [0, 0.1) is 5.92 Å². The Morgan fingerprint density at radius 1 is 1.41 bits per heavy atom. The molecule has 0 aromatic heterocycles. The minimum atomic E-state index is -0.101. The monoisotopic (exact) mass is 242 g/mol. The summed E-state index contributed by atoms with van der Waals surface area (Å²) in [6.45, 7) is 8.18. The van der Waals surface area contributed by atoms with Crippen LogP contribution in [0.25, 0.3) is 0 Å². The molecule has 1 unspecified atom stereocenters. The Morgan fingerprint density at radius 3 is 2.53 bits per heavy atom. The Kier molecular flexibility index (Phi) is 6.45. The number of rotatable bonds is 9. The van der Waals surface area contributed by atoms with Crippen molar-refractivity contribution < 1.29 is 5.11 Å². The van der Waals surface area contributed by atoms with Crippen LogP contribution in [0.5, 0.6) is 0 Å². The molecule has 1 aliphatic carbocycles. The lowest BCUT2D eigenvalue weighted by Crippen LogP contribution is -2.44. The van der Waals surface area contributed by atoms with Crippen molar-refractivity contribution in [1.82, 2.24) is 10.2 Å². The molecule has 2 N–H and O–H groups in total. The SMILES string of the molecule is CCN(CCCC(C)(CO)NC)CC1CCC1. The third-order valence-electron chi connectivity index (χ3n) is 4.34. The van der Waals surface area contributed by atoms with Gasteiger partial charge in [-0.15, -0.1) is 0 Å². The fourth-order valence-corrected chi connectivity index (χ4v) is 2.39. The summed E-state index contributed by atoms with van der Waals surface area (Å²) in [6.07, 6.45) is 6.51. The van der Waals surface area contributed by atoms with E-state index in [0.717, 1.165) is 18.9 Å². The van der Waals surface area contributed by atoms with E-state index in [1.165, 1.54) is 38.8 Å². The van der Waals surface area contributed by atoms with Crippen LogP contribution >= 0.6 is 0 Å². The first kappa shape index (κ1) is 14.9. The van der Waals surface area contributed by atoms with Crippen LogP contribution in [0.3, 0.4) is 0 Å². The zero-order chi connectivity index (χ0) is 12.7. The number of aliphatic hydroxyl groups excluding tert-OH is 1. The van der Waals surface area contributed by atoms with Gasteiger partial charge in [0.1, 0.15) is 0 Å². The van der Waals surface area contributed by atoms with Crippen molar-refractivity contribution in [3.63, 3.8) is 0 Å². The molecule has 102 valence electrons. The van der Waals surface area contributed by atoms with Crippen molar-refractivity contribution in [2.45, 2.75) is 51.5 Å². The van der Waals surface area contributed by atoms with E-state index in [9.17, 15) is 5.11 Å². The predicted molar refractivity (Wildman–Crippen MR) is 73.2 cm³/mol. The largest absolute Gasteiger partial charge is 0.394 e. The van der Waals surface area contributed by atoms with Crippen LogP contribution in [0.2, 0.25) is 0 Å². The van der Waals surface area contributed by atoms with E-state index in [1.807, 2.05) is 7.05 Å². The molecular formula is C14H30N2O. The number of nitrogens with zero attached hydrogens (tertiary/aromatic N) is 1. The Labute approximate surface area is 107 Å². The number of aliphatic hydroxyl groups is 1. The van der Waals surface area contributed by atoms with Crippen LogP contribution in [-0.4, -0.2) is 48.8 Å². The molecule has 17 heavy (non-hydrogen) atoms. The smallest absolute Gasteiger partial charge is 0.0610 e. The van der Waals surface area contributed by atoms with Crippen molar-refractivity contribution in [1.29, 1.82) is 0 Å². The Bertz CT molecular complexity index is 200. The maximum Gasteiger partial charge on any atom is 0.0610 e. The summed E-state index contributed by atoms with van der Waals surface area (Å²) in [7, 11) is 1.93. The van der Waals surface area contributed by atoms with Crippen LogP contribution in [0.4, 0.5) is 0 Å². The average molecular weight is 242 g/mol. The van der Waals surface area contributed by atoms with E-state index in [1.54, 1.807) is 0 Å². The van der Waals surface area contributed by atoms with E-state index in [0.29, 0.717) is 0 Å². The summed E-state index contributed by atoms with van der Waals surface area (Å²) in [5.41, 5.74) is -0.101. The predicted octanol–water partition coefficient (Wildman–Crippen LogP) is 1.86. The van der Waals surface area contributed by atoms with Gasteiger partial charge in [-0.25, -0.2) is 0 Å². The second-order valence-electron chi connectivity index (χ2n) is 5.76. The van der Waals surface area contributed by atoms with E-state index < -0.39 is 0 Å². The molecule has 0 aromatic rings. The van der Waals surface area contributed by atoms with Gasteiger partial charge in [0.25, 0.3) is 0 Å². The minimum Gasteiger partial charge on any atom is -0.394 e. The number of hydrogen-bond acceptors (Lipinski definition) is 3. The van der Waals surface area contributed by atoms with Gasteiger partial charge in [-0.3, -0.25) is 0 Å². The lowest BCUT2D eigenvalue weighted by molar-refractivity contribution is 0.152. The van der Waals surface area contributed by atoms with Crippen molar-refractivity contribution in [3.05, 3.63) is 0 Å². The van der Waals surface area contributed by atoms with Crippen LogP contribution < -0.4 is 5.32 Å². The van der Waals surface area contributed by atoms with Gasteiger partial charge in [0, 0.05) is 12.1 Å². The molecule has 1 saturated carbocycles. The molecule has 0 aromatic carbocycles. The molecule has 0 bridgehead atoms. The fraction of sp³-hybridized carbons (Fsp3) is 1.00. The Morgan fingerprint density at radius 2 is 2.12 bits per heavy atom. The fourth-order valence-electron chi connectivity index (χ4n) is 2.39. The molecule has 0 spiro atoms. The topological polar surface area (TPSA) is 35.5 Å². The Hall–Kier alpha value is -0.120. The molecule has 0 heterocycles. The molecule has 0 amide bonds. The van der Waals surface area contributed by atoms with Crippen molar-refractivity contribution in [3.8, 4) is 0 Å². The highest BCUT2D eigenvalue weighted by atomic mass is 16.3. The van der Waals surface area contributed by atoms with E-state index >= 15 is 0 Å². The maximum absolute atomic E-state index is 9.32. The van der Waals surface area contributed by atoms with Gasteiger partial charge in [-0.2, -0.15) is 0 Å². The first-order chi connectivity index (χ1) is 8.13. The van der Waals surface area contributed by atoms with Crippen LogP contribution in [0.1, 0.15) is 46.0 Å². The minimum absolute atomic E-state index is 0.101. The highest BCUT2D eigenvalue weighted by Crippen LogP contribution is 2.27. The molecule has 3 nitrogen and oxygen atoms in total. The molecule has 0 radical (unpaired) electrons. The van der Waals surface area contributed by atoms with E-state index in [2.05, 4.69) is 24.1 Å². The summed E-state index contributed by atoms with van der Waals surface area (Å²) in [5, 5.41) is 12.5. The molecule has 1 aliphatic rings. The van der Waals surface area contributed by atoms with Gasteiger partial charge < -0.3 is 15.3 Å². The third kappa shape index (κ3) is 4.94. The first-order valence-electron chi connectivity index (χ1n) is 7.15. The molecule has 1 fully saturated rings. The number of nitrogens with one attached hydrogen (secondary N) is 1. The van der Waals surface area contributed by atoms with Gasteiger partial charge in [0.2, 0.25) is 0 Å². The maximum atomic E-state index is 9.32. The van der Waals surface area contributed by atoms with Gasteiger partial charge in [0.05, 0.1) is 6.61 Å². The molecular weight excluding hydrogens is 212 g/mol.